The van der Waals surface area contributed by atoms with Gasteiger partial charge in [-0.25, -0.2) is 4.79 Å². The first-order valence-corrected chi connectivity index (χ1v) is 4.79. The van der Waals surface area contributed by atoms with Crippen molar-refractivity contribution < 1.29 is 19.4 Å². The van der Waals surface area contributed by atoms with E-state index >= 15 is 0 Å². The number of benzene rings is 1. The van der Waals surface area contributed by atoms with Gasteiger partial charge >= 0.3 is 6.09 Å². The smallest absolute Gasteiger partial charge is 0.432 e. The summed E-state index contributed by atoms with van der Waals surface area (Å²) >= 11 is 0. The fourth-order valence-corrected chi connectivity index (χ4v) is 1.29. The second kappa shape index (κ2) is 4.56. The fourth-order valence-electron chi connectivity index (χ4n) is 1.29. The molecule has 6 nitrogen and oxygen atoms in total. The molecule has 6 heteroatoms. The van der Waals surface area contributed by atoms with Crippen LogP contribution in [0.5, 0.6) is 17.2 Å². The average Bonchev–Trinajstić information content (AvgIpc) is 2.78. The summed E-state index contributed by atoms with van der Waals surface area (Å²) in [6.07, 6.45) is 1.43. The van der Waals surface area contributed by atoms with Crippen LogP contribution in [0.25, 0.3) is 0 Å². The maximum Gasteiger partial charge on any atom is 0.432 e. The first kappa shape index (κ1) is 11.0. The van der Waals surface area contributed by atoms with Crippen LogP contribution in [0.15, 0.2) is 36.7 Å². The van der Waals surface area contributed by atoms with Gasteiger partial charge < -0.3 is 14.6 Å². The molecule has 0 radical (unpaired) electrons. The van der Waals surface area contributed by atoms with Crippen LogP contribution in [0, 0.1) is 0 Å². The lowest BCUT2D eigenvalue weighted by atomic mass is 10.3. The van der Waals surface area contributed by atoms with E-state index in [-0.39, 0.29) is 0 Å². The molecule has 2 rings (SSSR count). The average molecular weight is 234 g/mol. The van der Waals surface area contributed by atoms with Gasteiger partial charge in [-0.15, -0.1) is 0 Å². The molecule has 17 heavy (non-hydrogen) atoms. The minimum atomic E-state index is -1.17. The van der Waals surface area contributed by atoms with Crippen molar-refractivity contribution >= 4 is 6.09 Å². The summed E-state index contributed by atoms with van der Waals surface area (Å²) in [5.41, 5.74) is 0. The highest BCUT2D eigenvalue weighted by Gasteiger charge is 2.08. The van der Waals surface area contributed by atoms with E-state index in [2.05, 4.69) is 5.10 Å². The quantitative estimate of drug-likeness (QED) is 0.881. The second-order valence-corrected chi connectivity index (χ2v) is 3.16. The number of nitrogens with zero attached hydrogens (tertiary/aromatic N) is 2. The fraction of sp³-hybridized carbons (Fsp3) is 0.0909. The van der Waals surface area contributed by atoms with Crippen molar-refractivity contribution in [1.29, 1.82) is 0 Å². The minimum Gasteiger partial charge on any atom is -0.493 e. The van der Waals surface area contributed by atoms with Crippen LogP contribution in [0.3, 0.4) is 0 Å². The molecule has 1 N–H and O–H groups in total. The molecule has 1 aromatic carbocycles. The summed E-state index contributed by atoms with van der Waals surface area (Å²) in [6, 6.07) is 7.07. The minimum absolute atomic E-state index is 0.330. The van der Waals surface area contributed by atoms with Gasteiger partial charge in [-0.1, -0.05) is 12.1 Å². The Bertz CT molecular complexity index is 536. The summed E-state index contributed by atoms with van der Waals surface area (Å²) in [6.45, 7) is 0. The second-order valence-electron chi connectivity index (χ2n) is 3.16. The van der Waals surface area contributed by atoms with E-state index in [1.54, 1.807) is 18.2 Å². The van der Waals surface area contributed by atoms with Crippen LogP contribution in [-0.2, 0) is 0 Å². The molecule has 2 aromatic rings. The molecule has 0 aliphatic carbocycles. The van der Waals surface area contributed by atoms with Crippen LogP contribution >= 0.6 is 0 Å². The molecule has 0 fully saturated rings. The van der Waals surface area contributed by atoms with Crippen molar-refractivity contribution in [3.63, 3.8) is 0 Å². The number of carboxylic acid groups (broad SMARTS) is 1. The van der Waals surface area contributed by atoms with Crippen molar-refractivity contribution in [2.75, 3.05) is 7.11 Å². The first-order valence-electron chi connectivity index (χ1n) is 4.79. The number of carbonyl (C=O) groups is 1. The van der Waals surface area contributed by atoms with E-state index in [4.69, 9.17) is 14.6 Å². The third kappa shape index (κ3) is 2.36. The molecular formula is C11H10N2O4. The van der Waals surface area contributed by atoms with E-state index in [1.165, 1.54) is 19.5 Å². The zero-order valence-corrected chi connectivity index (χ0v) is 9.03. The number of methoxy groups -OCH3 is 1. The maximum absolute atomic E-state index is 10.6. The lowest BCUT2D eigenvalue weighted by Crippen LogP contribution is -2.07. The van der Waals surface area contributed by atoms with Gasteiger partial charge in [0, 0.05) is 0 Å². The standard InChI is InChI=1S/C11H10N2O4/c1-16-9-4-2-3-5-10(9)17-8-6-12-13(7-8)11(14)15/h2-7H,1H3,(H,14,15). The third-order valence-electron chi connectivity index (χ3n) is 2.05. The summed E-state index contributed by atoms with van der Waals surface area (Å²) in [7, 11) is 1.53. The van der Waals surface area contributed by atoms with Gasteiger partial charge in [0.1, 0.15) is 0 Å². The van der Waals surface area contributed by atoms with E-state index in [0.717, 1.165) is 4.68 Å². The number of para-hydroxylation sites is 2. The van der Waals surface area contributed by atoms with Gasteiger partial charge in [-0.05, 0) is 12.1 Å². The van der Waals surface area contributed by atoms with Gasteiger partial charge in [0.05, 0.1) is 19.5 Å². The van der Waals surface area contributed by atoms with E-state index in [0.29, 0.717) is 17.2 Å². The highest BCUT2D eigenvalue weighted by atomic mass is 16.5. The molecule has 0 saturated heterocycles. The van der Waals surface area contributed by atoms with Crippen LogP contribution in [0.1, 0.15) is 0 Å². The molecule has 0 aliphatic rings. The van der Waals surface area contributed by atoms with Gasteiger partial charge in [0.2, 0.25) is 0 Å². The van der Waals surface area contributed by atoms with E-state index < -0.39 is 6.09 Å². The zero-order valence-electron chi connectivity index (χ0n) is 9.03. The molecule has 0 amide bonds. The van der Waals surface area contributed by atoms with Crippen molar-refractivity contribution in [2.24, 2.45) is 0 Å². The van der Waals surface area contributed by atoms with E-state index in [1.807, 2.05) is 6.07 Å². The van der Waals surface area contributed by atoms with Crippen molar-refractivity contribution in [2.45, 2.75) is 0 Å². The normalized spacial score (nSPS) is 9.94. The third-order valence-corrected chi connectivity index (χ3v) is 2.05. The van der Waals surface area contributed by atoms with Gasteiger partial charge in [-0.2, -0.15) is 9.78 Å². The summed E-state index contributed by atoms with van der Waals surface area (Å²) in [4.78, 5) is 10.6. The molecule has 1 aromatic heterocycles. The molecule has 0 spiro atoms. The Morgan fingerprint density at radius 3 is 2.65 bits per heavy atom. The van der Waals surface area contributed by atoms with E-state index in [9.17, 15) is 4.79 Å². The molecule has 0 unspecified atom stereocenters. The molecule has 88 valence electrons. The molecule has 0 aliphatic heterocycles. The molecule has 0 saturated carbocycles. The van der Waals surface area contributed by atoms with Gasteiger partial charge in [0.25, 0.3) is 0 Å². The lowest BCUT2D eigenvalue weighted by Gasteiger charge is -2.07. The Balaban J connectivity index is 2.22. The zero-order chi connectivity index (χ0) is 12.3. The summed E-state index contributed by atoms with van der Waals surface area (Å²) < 4.78 is 11.3. The number of ether oxygens (including phenoxy) is 2. The van der Waals surface area contributed by atoms with Crippen molar-refractivity contribution in [3.05, 3.63) is 36.7 Å². The molecule has 1 heterocycles. The van der Waals surface area contributed by atoms with Gasteiger partial charge in [0.15, 0.2) is 17.2 Å². The predicted molar refractivity (Wildman–Crippen MR) is 58.7 cm³/mol. The Hall–Kier alpha value is -2.50. The largest absolute Gasteiger partial charge is 0.493 e. The summed E-state index contributed by atoms with van der Waals surface area (Å²) in [5.74, 6) is 1.40. The van der Waals surface area contributed by atoms with Crippen LogP contribution in [0.4, 0.5) is 4.79 Å². The van der Waals surface area contributed by atoms with Crippen molar-refractivity contribution in [1.82, 2.24) is 9.78 Å². The summed E-state index contributed by atoms with van der Waals surface area (Å²) in [5, 5.41) is 12.3. The lowest BCUT2D eigenvalue weighted by molar-refractivity contribution is 0.192. The SMILES string of the molecule is COc1ccccc1Oc1cnn(C(=O)O)c1. The molecule has 0 atom stereocenters. The van der Waals surface area contributed by atoms with Crippen molar-refractivity contribution in [3.8, 4) is 17.2 Å². The maximum atomic E-state index is 10.6. The Morgan fingerprint density at radius 2 is 2.06 bits per heavy atom. The molecular weight excluding hydrogens is 224 g/mol. The Morgan fingerprint density at radius 1 is 1.35 bits per heavy atom. The Kier molecular flexibility index (Phi) is 2.95. The van der Waals surface area contributed by atoms with Crippen LogP contribution in [0.2, 0.25) is 0 Å². The number of aromatic nitrogens is 2. The van der Waals surface area contributed by atoms with Crippen LogP contribution < -0.4 is 9.47 Å². The first-order chi connectivity index (χ1) is 8.20. The highest BCUT2D eigenvalue weighted by molar-refractivity contribution is 5.67. The van der Waals surface area contributed by atoms with Crippen LogP contribution in [-0.4, -0.2) is 28.1 Å². The monoisotopic (exact) mass is 234 g/mol. The topological polar surface area (TPSA) is 73.6 Å². The number of hydrogen-bond acceptors (Lipinski definition) is 4. The Labute approximate surface area is 97.0 Å². The predicted octanol–water partition coefficient (Wildman–Crippen LogP) is 2.21. The number of rotatable bonds is 3. The van der Waals surface area contributed by atoms with Gasteiger partial charge in [-0.3, -0.25) is 0 Å². The number of hydrogen-bond donors (Lipinski definition) is 1. The molecule has 0 bridgehead atoms. The highest BCUT2D eigenvalue weighted by Crippen LogP contribution is 2.30.